The lowest BCUT2D eigenvalue weighted by Crippen LogP contribution is -2.42. The molecule has 5 heteroatoms. The number of hydrogen-bond acceptors (Lipinski definition) is 5. The fourth-order valence-corrected chi connectivity index (χ4v) is 2.56. The van der Waals surface area contributed by atoms with Gasteiger partial charge in [0.2, 0.25) is 0 Å². The molecule has 1 aromatic rings. The first-order chi connectivity index (χ1) is 9.08. The van der Waals surface area contributed by atoms with Gasteiger partial charge in [0.15, 0.2) is 0 Å². The van der Waals surface area contributed by atoms with Crippen molar-refractivity contribution < 1.29 is 0 Å². The Balaban J connectivity index is 2.02. The van der Waals surface area contributed by atoms with Gasteiger partial charge in [0.1, 0.15) is 17.5 Å². The van der Waals surface area contributed by atoms with Crippen LogP contribution in [0.25, 0.3) is 0 Å². The highest BCUT2D eigenvalue weighted by Crippen LogP contribution is 2.20. The fourth-order valence-electron chi connectivity index (χ4n) is 2.56. The van der Waals surface area contributed by atoms with Gasteiger partial charge in [0.05, 0.1) is 0 Å². The Hall–Kier alpha value is -1.36. The number of anilines is 2. The van der Waals surface area contributed by atoms with Gasteiger partial charge in [0.25, 0.3) is 0 Å². The summed E-state index contributed by atoms with van der Waals surface area (Å²) in [6.07, 6.45) is 4.20. The van der Waals surface area contributed by atoms with Gasteiger partial charge in [0, 0.05) is 31.1 Å². The molecule has 0 aromatic carbocycles. The molecule has 1 fully saturated rings. The Bertz CT molecular complexity index is 420. The zero-order valence-corrected chi connectivity index (χ0v) is 12.2. The third-order valence-corrected chi connectivity index (χ3v) is 3.83. The average Bonchev–Trinajstić information content (AvgIpc) is 2.33. The number of hydrogen-bond donors (Lipinski definition) is 2. The maximum absolute atomic E-state index is 5.84. The average molecular weight is 263 g/mol. The summed E-state index contributed by atoms with van der Waals surface area (Å²) in [6.45, 7) is 5.52. The van der Waals surface area contributed by atoms with Gasteiger partial charge in [-0.2, -0.15) is 0 Å². The normalized spacial score (nSPS) is 24.4. The van der Waals surface area contributed by atoms with E-state index in [4.69, 9.17) is 5.73 Å². The zero-order chi connectivity index (χ0) is 13.8. The molecule has 5 nitrogen and oxygen atoms in total. The van der Waals surface area contributed by atoms with E-state index in [1.807, 2.05) is 6.07 Å². The molecule has 2 unspecified atom stereocenters. The maximum atomic E-state index is 5.84. The second kappa shape index (κ2) is 6.19. The molecule has 2 heterocycles. The Morgan fingerprint density at radius 3 is 2.95 bits per heavy atom. The van der Waals surface area contributed by atoms with Gasteiger partial charge in [-0.05, 0) is 33.2 Å². The van der Waals surface area contributed by atoms with Crippen LogP contribution >= 0.6 is 0 Å². The summed E-state index contributed by atoms with van der Waals surface area (Å²) < 4.78 is 0. The van der Waals surface area contributed by atoms with Gasteiger partial charge in [-0.25, -0.2) is 9.97 Å². The summed E-state index contributed by atoms with van der Waals surface area (Å²) in [5, 5.41) is 3.51. The van der Waals surface area contributed by atoms with Crippen molar-refractivity contribution in [2.24, 2.45) is 0 Å². The smallest absolute Gasteiger partial charge is 0.133 e. The van der Waals surface area contributed by atoms with Crippen molar-refractivity contribution in [2.75, 3.05) is 24.6 Å². The highest BCUT2D eigenvalue weighted by atomic mass is 15.2. The molecular weight excluding hydrogens is 238 g/mol. The van der Waals surface area contributed by atoms with E-state index in [9.17, 15) is 0 Å². The first-order valence-corrected chi connectivity index (χ1v) is 7.18. The summed E-state index contributed by atoms with van der Waals surface area (Å²) in [4.78, 5) is 11.2. The van der Waals surface area contributed by atoms with Gasteiger partial charge in [-0.1, -0.05) is 6.92 Å². The molecule has 1 aliphatic rings. The summed E-state index contributed by atoms with van der Waals surface area (Å²) in [6, 6.07) is 2.93. The van der Waals surface area contributed by atoms with Crippen molar-refractivity contribution in [1.29, 1.82) is 0 Å². The third kappa shape index (κ3) is 3.80. The first kappa shape index (κ1) is 14.1. The lowest BCUT2D eigenvalue weighted by atomic mass is 9.99. The molecule has 1 saturated heterocycles. The maximum Gasteiger partial charge on any atom is 0.133 e. The van der Waals surface area contributed by atoms with Crippen molar-refractivity contribution in [1.82, 2.24) is 14.9 Å². The van der Waals surface area contributed by atoms with E-state index in [0.29, 0.717) is 17.9 Å². The van der Waals surface area contributed by atoms with Gasteiger partial charge >= 0.3 is 0 Å². The van der Waals surface area contributed by atoms with Crippen LogP contribution in [0.3, 0.4) is 0 Å². The van der Waals surface area contributed by atoms with E-state index >= 15 is 0 Å². The quantitative estimate of drug-likeness (QED) is 0.868. The minimum absolute atomic E-state index is 0.481. The minimum atomic E-state index is 0.481. The summed E-state index contributed by atoms with van der Waals surface area (Å²) in [5.41, 5.74) is 5.84. The largest absolute Gasteiger partial charge is 0.384 e. The lowest BCUT2D eigenvalue weighted by Gasteiger charge is -2.35. The standard InChI is InChI=1S/C14H25N5/c1-4-5-13-17-12(15)9-14(18-13)16-11-6-7-19(3)10(2)8-11/h9-11H,4-8H2,1-3H3,(H3,15,16,17,18). The number of nitrogens with zero attached hydrogens (tertiary/aromatic N) is 3. The van der Waals surface area contributed by atoms with Crippen LogP contribution in [-0.2, 0) is 6.42 Å². The first-order valence-electron chi connectivity index (χ1n) is 7.18. The Labute approximate surface area is 115 Å². The SMILES string of the molecule is CCCc1nc(N)cc(NC2CCN(C)C(C)C2)n1. The van der Waals surface area contributed by atoms with E-state index in [-0.39, 0.29) is 0 Å². The fraction of sp³-hybridized carbons (Fsp3) is 0.714. The topological polar surface area (TPSA) is 67.1 Å². The molecule has 0 amide bonds. The van der Waals surface area contributed by atoms with Crippen LogP contribution in [0.4, 0.5) is 11.6 Å². The van der Waals surface area contributed by atoms with Crippen LogP contribution in [0.15, 0.2) is 6.07 Å². The number of nitrogens with two attached hydrogens (primary N) is 1. The van der Waals surface area contributed by atoms with Crippen LogP contribution in [0, 0.1) is 0 Å². The van der Waals surface area contributed by atoms with Gasteiger partial charge in [-0.15, -0.1) is 0 Å². The van der Waals surface area contributed by atoms with Crippen molar-refractivity contribution >= 4 is 11.6 Å². The molecule has 0 saturated carbocycles. The lowest BCUT2D eigenvalue weighted by molar-refractivity contribution is 0.190. The van der Waals surface area contributed by atoms with E-state index in [2.05, 4.69) is 41.1 Å². The molecule has 0 bridgehead atoms. The summed E-state index contributed by atoms with van der Waals surface area (Å²) >= 11 is 0. The van der Waals surface area contributed by atoms with E-state index in [1.165, 1.54) is 0 Å². The predicted molar refractivity (Wildman–Crippen MR) is 79.2 cm³/mol. The Morgan fingerprint density at radius 1 is 1.47 bits per heavy atom. The number of nitrogens with one attached hydrogen (secondary N) is 1. The number of rotatable bonds is 4. The summed E-state index contributed by atoms with van der Waals surface area (Å²) in [7, 11) is 2.18. The monoisotopic (exact) mass is 263 g/mol. The van der Waals surface area contributed by atoms with E-state index in [1.54, 1.807) is 0 Å². The Kier molecular flexibility index (Phi) is 4.58. The molecule has 0 radical (unpaired) electrons. The van der Waals surface area contributed by atoms with Crippen molar-refractivity contribution in [3.05, 3.63) is 11.9 Å². The molecule has 1 aliphatic heterocycles. The van der Waals surface area contributed by atoms with E-state index in [0.717, 1.165) is 43.9 Å². The molecule has 2 atom stereocenters. The molecule has 106 valence electrons. The predicted octanol–water partition coefficient (Wildman–Crippen LogP) is 1.91. The molecule has 0 aliphatic carbocycles. The van der Waals surface area contributed by atoms with Gasteiger partial charge < -0.3 is 16.0 Å². The number of aryl methyl sites for hydroxylation is 1. The molecule has 19 heavy (non-hydrogen) atoms. The Morgan fingerprint density at radius 2 is 2.26 bits per heavy atom. The van der Waals surface area contributed by atoms with Crippen LogP contribution in [0.5, 0.6) is 0 Å². The minimum Gasteiger partial charge on any atom is -0.384 e. The highest BCUT2D eigenvalue weighted by Gasteiger charge is 2.22. The third-order valence-electron chi connectivity index (χ3n) is 3.83. The summed E-state index contributed by atoms with van der Waals surface area (Å²) in [5.74, 6) is 2.27. The van der Waals surface area contributed by atoms with Crippen molar-refractivity contribution in [3.8, 4) is 0 Å². The van der Waals surface area contributed by atoms with Crippen LogP contribution < -0.4 is 11.1 Å². The number of aromatic nitrogens is 2. The van der Waals surface area contributed by atoms with Crippen molar-refractivity contribution in [3.63, 3.8) is 0 Å². The number of likely N-dealkylation sites (tertiary alicyclic amines) is 1. The van der Waals surface area contributed by atoms with Crippen LogP contribution in [-0.4, -0.2) is 40.5 Å². The number of nitrogen functional groups attached to an aromatic ring is 1. The van der Waals surface area contributed by atoms with Crippen molar-refractivity contribution in [2.45, 2.75) is 51.6 Å². The van der Waals surface area contributed by atoms with Gasteiger partial charge in [-0.3, -0.25) is 0 Å². The second-order valence-electron chi connectivity index (χ2n) is 5.54. The van der Waals surface area contributed by atoms with E-state index < -0.39 is 0 Å². The molecule has 3 N–H and O–H groups in total. The molecule has 1 aromatic heterocycles. The zero-order valence-electron chi connectivity index (χ0n) is 12.2. The molecule has 2 rings (SSSR count). The van der Waals surface area contributed by atoms with Crippen LogP contribution in [0.1, 0.15) is 38.9 Å². The van der Waals surface area contributed by atoms with Crippen LogP contribution in [0.2, 0.25) is 0 Å². The number of piperidine rings is 1. The second-order valence-corrected chi connectivity index (χ2v) is 5.54. The molecular formula is C14H25N5. The highest BCUT2D eigenvalue weighted by molar-refractivity contribution is 5.45. The molecule has 0 spiro atoms.